The minimum Gasteiger partial charge on any atom is -0.346 e. The zero-order valence-electron chi connectivity index (χ0n) is 12.3. The first kappa shape index (κ1) is 13.4. The van der Waals surface area contributed by atoms with Gasteiger partial charge in [0.2, 0.25) is 0 Å². The molecule has 0 aliphatic heterocycles. The number of nitrogens with zero attached hydrogens (tertiary/aromatic N) is 4. The highest BCUT2D eigenvalue weighted by molar-refractivity contribution is 5.93. The fourth-order valence-corrected chi connectivity index (χ4v) is 2.38. The second kappa shape index (κ2) is 5.05. The van der Waals surface area contributed by atoms with E-state index < -0.39 is 0 Å². The topological polar surface area (TPSA) is 64.2 Å². The van der Waals surface area contributed by atoms with E-state index >= 15 is 0 Å². The van der Waals surface area contributed by atoms with E-state index in [1.807, 2.05) is 50.0 Å². The van der Waals surface area contributed by atoms with E-state index in [-0.39, 0.29) is 5.91 Å². The number of aryl methyl sites for hydroxylation is 2. The quantitative estimate of drug-likeness (QED) is 0.794. The van der Waals surface area contributed by atoms with Crippen molar-refractivity contribution in [3.8, 4) is 0 Å². The molecule has 0 aliphatic rings. The summed E-state index contributed by atoms with van der Waals surface area (Å²) in [7, 11) is 1.90. The van der Waals surface area contributed by atoms with E-state index in [0.29, 0.717) is 12.2 Å². The monoisotopic (exact) mass is 283 g/mol. The standard InChI is InChI=1S/C15H17N5O/c1-10-13(11(2)19(3)17-10)9-16-15(21)14-8-12-6-4-5-7-20(12)18-14/h4-8H,9H2,1-3H3,(H,16,21). The minimum absolute atomic E-state index is 0.179. The van der Waals surface area contributed by atoms with E-state index in [1.54, 1.807) is 10.6 Å². The Labute approximate surface area is 122 Å². The van der Waals surface area contributed by atoms with Crippen LogP contribution in [0, 0.1) is 13.8 Å². The molecule has 1 N–H and O–H groups in total. The molecule has 108 valence electrons. The summed E-state index contributed by atoms with van der Waals surface area (Å²) in [6.45, 7) is 4.39. The van der Waals surface area contributed by atoms with Crippen molar-refractivity contribution >= 4 is 11.4 Å². The molecule has 0 atom stereocenters. The Kier molecular flexibility index (Phi) is 3.21. The van der Waals surface area contributed by atoms with Gasteiger partial charge in [-0.2, -0.15) is 10.2 Å². The Bertz CT molecular complexity index is 782. The molecule has 0 aliphatic carbocycles. The van der Waals surface area contributed by atoms with Gasteiger partial charge in [-0.15, -0.1) is 0 Å². The van der Waals surface area contributed by atoms with Crippen LogP contribution in [-0.2, 0) is 13.6 Å². The van der Waals surface area contributed by atoms with Crippen LogP contribution in [0.15, 0.2) is 30.5 Å². The van der Waals surface area contributed by atoms with Gasteiger partial charge in [0.05, 0.1) is 11.2 Å². The van der Waals surface area contributed by atoms with Crippen molar-refractivity contribution in [1.82, 2.24) is 24.7 Å². The van der Waals surface area contributed by atoms with Gasteiger partial charge in [-0.3, -0.25) is 9.48 Å². The summed E-state index contributed by atoms with van der Waals surface area (Å²) < 4.78 is 3.51. The molecule has 0 aromatic carbocycles. The van der Waals surface area contributed by atoms with Crippen LogP contribution in [0.25, 0.3) is 5.52 Å². The Hall–Kier alpha value is -2.63. The van der Waals surface area contributed by atoms with Crippen LogP contribution in [0.1, 0.15) is 27.4 Å². The van der Waals surface area contributed by atoms with Crippen molar-refractivity contribution in [2.45, 2.75) is 20.4 Å². The molecule has 6 heteroatoms. The predicted octanol–water partition coefficient (Wildman–Crippen LogP) is 1.61. The fourth-order valence-electron chi connectivity index (χ4n) is 2.38. The van der Waals surface area contributed by atoms with E-state index in [4.69, 9.17) is 0 Å². The van der Waals surface area contributed by atoms with Gasteiger partial charge < -0.3 is 5.32 Å². The number of pyridine rings is 1. The lowest BCUT2D eigenvalue weighted by molar-refractivity contribution is 0.0945. The summed E-state index contributed by atoms with van der Waals surface area (Å²) >= 11 is 0. The molecule has 0 spiro atoms. The van der Waals surface area contributed by atoms with Crippen molar-refractivity contribution in [2.24, 2.45) is 7.05 Å². The van der Waals surface area contributed by atoms with Crippen LogP contribution < -0.4 is 5.32 Å². The number of fused-ring (bicyclic) bond motifs is 1. The molecule has 0 saturated carbocycles. The SMILES string of the molecule is Cc1nn(C)c(C)c1CNC(=O)c1cc2ccccn2n1. The number of rotatable bonds is 3. The Balaban J connectivity index is 1.77. The minimum atomic E-state index is -0.179. The van der Waals surface area contributed by atoms with Crippen LogP contribution in [-0.4, -0.2) is 25.3 Å². The van der Waals surface area contributed by atoms with Crippen molar-refractivity contribution in [3.05, 3.63) is 53.1 Å². The number of carbonyl (C=O) groups is 1. The number of aromatic nitrogens is 4. The Morgan fingerprint density at radius 1 is 1.29 bits per heavy atom. The van der Waals surface area contributed by atoms with Crippen LogP contribution in [0.5, 0.6) is 0 Å². The summed E-state index contributed by atoms with van der Waals surface area (Å²) in [6.07, 6.45) is 1.82. The van der Waals surface area contributed by atoms with Gasteiger partial charge in [0.15, 0.2) is 5.69 Å². The van der Waals surface area contributed by atoms with Crippen molar-refractivity contribution in [2.75, 3.05) is 0 Å². The summed E-state index contributed by atoms with van der Waals surface area (Å²) in [6, 6.07) is 7.49. The fraction of sp³-hybridized carbons (Fsp3) is 0.267. The maximum Gasteiger partial charge on any atom is 0.272 e. The smallest absolute Gasteiger partial charge is 0.272 e. The van der Waals surface area contributed by atoms with Gasteiger partial charge >= 0.3 is 0 Å². The number of hydrogen-bond acceptors (Lipinski definition) is 3. The maximum atomic E-state index is 12.2. The molecule has 0 radical (unpaired) electrons. The largest absolute Gasteiger partial charge is 0.346 e. The lowest BCUT2D eigenvalue weighted by Crippen LogP contribution is -2.23. The third-order valence-electron chi connectivity index (χ3n) is 3.69. The number of amides is 1. The first-order chi connectivity index (χ1) is 10.1. The Morgan fingerprint density at radius 3 is 2.76 bits per heavy atom. The van der Waals surface area contributed by atoms with Gasteiger partial charge in [-0.05, 0) is 32.0 Å². The van der Waals surface area contributed by atoms with Gasteiger partial charge in [0, 0.05) is 31.0 Å². The second-order valence-electron chi connectivity index (χ2n) is 5.06. The van der Waals surface area contributed by atoms with Gasteiger partial charge in [-0.25, -0.2) is 4.52 Å². The zero-order valence-corrected chi connectivity index (χ0v) is 12.3. The first-order valence-electron chi connectivity index (χ1n) is 6.78. The zero-order chi connectivity index (χ0) is 15.0. The predicted molar refractivity (Wildman–Crippen MR) is 79.0 cm³/mol. The van der Waals surface area contributed by atoms with Gasteiger partial charge in [0.25, 0.3) is 5.91 Å². The average molecular weight is 283 g/mol. The molecule has 6 nitrogen and oxygen atoms in total. The van der Waals surface area contributed by atoms with Gasteiger partial charge in [0.1, 0.15) is 0 Å². The third kappa shape index (κ3) is 2.40. The van der Waals surface area contributed by atoms with Crippen LogP contribution >= 0.6 is 0 Å². The molecule has 3 heterocycles. The number of hydrogen-bond donors (Lipinski definition) is 1. The molecule has 3 aromatic rings. The van der Waals surface area contributed by atoms with Crippen LogP contribution in [0.2, 0.25) is 0 Å². The Morgan fingerprint density at radius 2 is 2.10 bits per heavy atom. The van der Waals surface area contributed by atoms with Crippen molar-refractivity contribution in [1.29, 1.82) is 0 Å². The molecule has 0 unspecified atom stereocenters. The van der Waals surface area contributed by atoms with Gasteiger partial charge in [-0.1, -0.05) is 6.07 Å². The first-order valence-corrected chi connectivity index (χ1v) is 6.78. The molecule has 21 heavy (non-hydrogen) atoms. The molecule has 1 amide bonds. The second-order valence-corrected chi connectivity index (χ2v) is 5.06. The molecular weight excluding hydrogens is 266 g/mol. The molecule has 3 aromatic heterocycles. The summed E-state index contributed by atoms with van der Waals surface area (Å²) in [5.41, 5.74) is 4.36. The maximum absolute atomic E-state index is 12.2. The lowest BCUT2D eigenvalue weighted by Gasteiger charge is -2.03. The molecule has 3 rings (SSSR count). The van der Waals surface area contributed by atoms with E-state index in [2.05, 4.69) is 15.5 Å². The van der Waals surface area contributed by atoms with E-state index in [9.17, 15) is 4.79 Å². The molecular formula is C15H17N5O. The number of nitrogens with one attached hydrogen (secondary N) is 1. The molecule has 0 saturated heterocycles. The normalized spacial score (nSPS) is 11.0. The summed E-state index contributed by atoms with van der Waals surface area (Å²) in [5, 5.41) is 11.5. The van der Waals surface area contributed by atoms with Crippen LogP contribution in [0.4, 0.5) is 0 Å². The van der Waals surface area contributed by atoms with Crippen molar-refractivity contribution in [3.63, 3.8) is 0 Å². The highest BCUT2D eigenvalue weighted by Crippen LogP contribution is 2.12. The average Bonchev–Trinajstić information content (AvgIpc) is 2.99. The summed E-state index contributed by atoms with van der Waals surface area (Å²) in [5.74, 6) is -0.179. The summed E-state index contributed by atoms with van der Waals surface area (Å²) in [4.78, 5) is 12.2. The van der Waals surface area contributed by atoms with Crippen molar-refractivity contribution < 1.29 is 4.79 Å². The van der Waals surface area contributed by atoms with Crippen LogP contribution in [0.3, 0.4) is 0 Å². The van der Waals surface area contributed by atoms with E-state index in [1.165, 1.54) is 0 Å². The molecule has 0 fully saturated rings. The number of carbonyl (C=O) groups excluding carboxylic acids is 1. The highest BCUT2D eigenvalue weighted by atomic mass is 16.1. The molecule has 0 bridgehead atoms. The third-order valence-corrected chi connectivity index (χ3v) is 3.69. The lowest BCUT2D eigenvalue weighted by atomic mass is 10.2. The van der Waals surface area contributed by atoms with E-state index in [0.717, 1.165) is 22.5 Å². The highest BCUT2D eigenvalue weighted by Gasteiger charge is 2.13.